The largest absolute Gasteiger partial charge is 0.480 e. The van der Waals surface area contributed by atoms with Crippen molar-refractivity contribution in [2.24, 2.45) is 5.73 Å². The summed E-state index contributed by atoms with van der Waals surface area (Å²) in [4.78, 5) is 10.7. The second-order valence-electron chi connectivity index (χ2n) is 4.70. The van der Waals surface area contributed by atoms with Gasteiger partial charge >= 0.3 is 5.97 Å². The van der Waals surface area contributed by atoms with Crippen LogP contribution in [-0.4, -0.2) is 25.7 Å². The molecular formula is C12H15NO4S. The molecule has 1 atom stereocenters. The van der Waals surface area contributed by atoms with Crippen LogP contribution >= 0.6 is 0 Å². The summed E-state index contributed by atoms with van der Waals surface area (Å²) < 4.78 is 22.7. The highest BCUT2D eigenvalue weighted by molar-refractivity contribution is 7.92. The van der Waals surface area contributed by atoms with Gasteiger partial charge < -0.3 is 10.8 Å². The highest BCUT2D eigenvalue weighted by Gasteiger charge is 2.53. The van der Waals surface area contributed by atoms with Crippen molar-refractivity contribution in [2.75, 3.05) is 6.26 Å². The van der Waals surface area contributed by atoms with E-state index < -0.39 is 26.6 Å². The Balaban J connectivity index is 2.32. The fraction of sp³-hybridized carbons (Fsp3) is 0.417. The minimum absolute atomic E-state index is 0.468. The molecule has 0 aliphatic heterocycles. The SMILES string of the molecule is CS(=O)(=O)C1(c2ccc(C(N)C(=O)O)cc2)CC1. The number of aliphatic carboxylic acids is 1. The molecule has 1 aliphatic rings. The molecule has 18 heavy (non-hydrogen) atoms. The van der Waals surface area contributed by atoms with Gasteiger partial charge in [0.1, 0.15) is 6.04 Å². The summed E-state index contributed by atoms with van der Waals surface area (Å²) in [5, 5.41) is 8.79. The van der Waals surface area contributed by atoms with Gasteiger partial charge in [-0.15, -0.1) is 0 Å². The number of hydrogen-bond donors (Lipinski definition) is 2. The highest BCUT2D eigenvalue weighted by atomic mass is 32.2. The smallest absolute Gasteiger partial charge is 0.325 e. The van der Waals surface area contributed by atoms with E-state index >= 15 is 0 Å². The minimum Gasteiger partial charge on any atom is -0.480 e. The summed E-state index contributed by atoms with van der Waals surface area (Å²) in [6.07, 6.45) is 2.48. The number of carboxylic acid groups (broad SMARTS) is 1. The Kier molecular flexibility index (Phi) is 2.95. The Morgan fingerprint density at radius 2 is 1.83 bits per heavy atom. The standard InChI is InChI=1S/C12H15NO4S/c1-18(16,17)12(6-7-12)9-4-2-8(3-5-9)10(13)11(14)15/h2-5,10H,6-7,13H2,1H3,(H,14,15). The van der Waals surface area contributed by atoms with Gasteiger partial charge in [-0.05, 0) is 24.0 Å². The van der Waals surface area contributed by atoms with Gasteiger partial charge in [0.15, 0.2) is 9.84 Å². The maximum absolute atomic E-state index is 11.7. The van der Waals surface area contributed by atoms with E-state index in [1.54, 1.807) is 24.3 Å². The van der Waals surface area contributed by atoms with Crippen molar-refractivity contribution < 1.29 is 18.3 Å². The van der Waals surface area contributed by atoms with Crippen LogP contribution in [0.15, 0.2) is 24.3 Å². The molecule has 0 aromatic heterocycles. The summed E-state index contributed by atoms with van der Waals surface area (Å²) in [6.45, 7) is 0. The molecular weight excluding hydrogens is 254 g/mol. The van der Waals surface area contributed by atoms with Crippen LogP contribution in [0.3, 0.4) is 0 Å². The lowest BCUT2D eigenvalue weighted by Gasteiger charge is -2.14. The molecule has 0 heterocycles. The molecule has 1 aromatic rings. The van der Waals surface area contributed by atoms with E-state index in [1.165, 1.54) is 6.26 Å². The first-order valence-corrected chi connectivity index (χ1v) is 7.45. The zero-order valence-electron chi connectivity index (χ0n) is 9.96. The molecule has 1 aromatic carbocycles. The third kappa shape index (κ3) is 2.02. The lowest BCUT2D eigenvalue weighted by atomic mass is 10.0. The first-order chi connectivity index (χ1) is 8.28. The normalized spacial score (nSPS) is 19.2. The van der Waals surface area contributed by atoms with Crippen LogP contribution in [0.4, 0.5) is 0 Å². The fourth-order valence-electron chi connectivity index (χ4n) is 2.12. The molecule has 6 heteroatoms. The van der Waals surface area contributed by atoms with E-state index in [4.69, 9.17) is 10.8 Å². The topological polar surface area (TPSA) is 97.5 Å². The zero-order chi connectivity index (χ0) is 13.6. The number of benzene rings is 1. The van der Waals surface area contributed by atoms with Crippen molar-refractivity contribution in [1.82, 2.24) is 0 Å². The molecule has 1 aliphatic carbocycles. The second-order valence-corrected chi connectivity index (χ2v) is 7.03. The third-order valence-electron chi connectivity index (χ3n) is 3.48. The molecule has 3 N–H and O–H groups in total. The molecule has 1 saturated carbocycles. The zero-order valence-corrected chi connectivity index (χ0v) is 10.8. The summed E-state index contributed by atoms with van der Waals surface area (Å²) in [5.74, 6) is -1.10. The number of carboxylic acids is 1. The second kappa shape index (κ2) is 4.07. The molecule has 0 saturated heterocycles. The van der Waals surface area contributed by atoms with Crippen molar-refractivity contribution in [3.8, 4) is 0 Å². The molecule has 5 nitrogen and oxygen atoms in total. The van der Waals surface area contributed by atoms with Crippen LogP contribution in [0.25, 0.3) is 0 Å². The molecule has 2 rings (SSSR count). The molecule has 0 radical (unpaired) electrons. The quantitative estimate of drug-likeness (QED) is 0.842. The van der Waals surface area contributed by atoms with Crippen LogP contribution in [-0.2, 0) is 19.4 Å². The number of hydrogen-bond acceptors (Lipinski definition) is 4. The molecule has 98 valence electrons. The average molecular weight is 269 g/mol. The van der Waals surface area contributed by atoms with Crippen molar-refractivity contribution in [3.63, 3.8) is 0 Å². The van der Waals surface area contributed by atoms with Gasteiger partial charge in [-0.2, -0.15) is 0 Å². The van der Waals surface area contributed by atoms with Gasteiger partial charge in [-0.3, -0.25) is 4.79 Å². The average Bonchev–Trinajstić information content (AvgIpc) is 3.08. The first-order valence-electron chi connectivity index (χ1n) is 5.56. The third-order valence-corrected chi connectivity index (χ3v) is 5.54. The molecule has 0 spiro atoms. The van der Waals surface area contributed by atoms with E-state index in [0.717, 1.165) is 0 Å². The van der Waals surface area contributed by atoms with E-state index in [0.29, 0.717) is 24.0 Å². The van der Waals surface area contributed by atoms with E-state index in [-0.39, 0.29) is 0 Å². The number of carbonyl (C=O) groups is 1. The lowest BCUT2D eigenvalue weighted by molar-refractivity contribution is -0.138. The first kappa shape index (κ1) is 13.0. The number of rotatable bonds is 4. The van der Waals surface area contributed by atoms with Gasteiger partial charge in [-0.1, -0.05) is 24.3 Å². The minimum atomic E-state index is -3.14. The van der Waals surface area contributed by atoms with Gasteiger partial charge in [0.05, 0.1) is 4.75 Å². The number of nitrogens with two attached hydrogens (primary N) is 1. The highest BCUT2D eigenvalue weighted by Crippen LogP contribution is 2.52. The van der Waals surface area contributed by atoms with Crippen LogP contribution in [0.1, 0.15) is 30.0 Å². The Hall–Kier alpha value is -1.40. The predicted molar refractivity (Wildman–Crippen MR) is 66.8 cm³/mol. The van der Waals surface area contributed by atoms with Crippen LogP contribution in [0, 0.1) is 0 Å². The van der Waals surface area contributed by atoms with Gasteiger partial charge in [0.2, 0.25) is 0 Å². The summed E-state index contributed by atoms with van der Waals surface area (Å²) in [7, 11) is -3.14. The Bertz CT molecular complexity index is 573. The Morgan fingerprint density at radius 1 is 1.33 bits per heavy atom. The van der Waals surface area contributed by atoms with Gasteiger partial charge in [-0.25, -0.2) is 8.42 Å². The van der Waals surface area contributed by atoms with E-state index in [2.05, 4.69) is 0 Å². The van der Waals surface area contributed by atoms with Crippen molar-refractivity contribution in [3.05, 3.63) is 35.4 Å². The Morgan fingerprint density at radius 3 is 2.17 bits per heavy atom. The lowest BCUT2D eigenvalue weighted by Crippen LogP contribution is -2.22. The monoisotopic (exact) mass is 269 g/mol. The maximum atomic E-state index is 11.7. The fourth-order valence-corrected chi connectivity index (χ4v) is 3.53. The number of sulfone groups is 1. The van der Waals surface area contributed by atoms with E-state index in [9.17, 15) is 13.2 Å². The molecule has 1 fully saturated rings. The van der Waals surface area contributed by atoms with Crippen LogP contribution < -0.4 is 5.73 Å². The Labute approximate surface area is 106 Å². The van der Waals surface area contributed by atoms with E-state index in [1.807, 2.05) is 0 Å². The summed E-state index contributed by atoms with van der Waals surface area (Å²) in [5.41, 5.74) is 6.66. The predicted octanol–water partition coefficient (Wildman–Crippen LogP) is 0.805. The maximum Gasteiger partial charge on any atom is 0.325 e. The van der Waals surface area contributed by atoms with Crippen LogP contribution in [0.5, 0.6) is 0 Å². The summed E-state index contributed by atoms with van der Waals surface area (Å²) in [6, 6.07) is 5.41. The molecule has 1 unspecified atom stereocenters. The summed E-state index contributed by atoms with van der Waals surface area (Å²) >= 11 is 0. The molecule has 0 bridgehead atoms. The molecule has 0 amide bonds. The van der Waals surface area contributed by atoms with Crippen molar-refractivity contribution in [2.45, 2.75) is 23.6 Å². The van der Waals surface area contributed by atoms with Crippen LogP contribution in [0.2, 0.25) is 0 Å². The van der Waals surface area contributed by atoms with Gasteiger partial charge in [0.25, 0.3) is 0 Å². The van der Waals surface area contributed by atoms with Crippen molar-refractivity contribution in [1.29, 1.82) is 0 Å². The van der Waals surface area contributed by atoms with Gasteiger partial charge in [0, 0.05) is 6.26 Å². The van der Waals surface area contributed by atoms with Crippen molar-refractivity contribution >= 4 is 15.8 Å².